The van der Waals surface area contributed by atoms with Crippen molar-refractivity contribution >= 4 is 17.4 Å². The molecule has 1 aliphatic rings. The summed E-state index contributed by atoms with van der Waals surface area (Å²) < 4.78 is 7.30. The Balaban J connectivity index is 1.76. The van der Waals surface area contributed by atoms with Crippen LogP contribution in [0.1, 0.15) is 28.4 Å². The van der Waals surface area contributed by atoms with Gasteiger partial charge in [0.05, 0.1) is 12.6 Å². The minimum atomic E-state index is -0.534. The maximum Gasteiger partial charge on any atom is 0.254 e. The maximum atomic E-state index is 12.4. The predicted octanol–water partition coefficient (Wildman–Crippen LogP) is 3.02. The number of carbonyl (C=O) groups is 1. The number of anilines is 2. The van der Waals surface area contributed by atoms with E-state index in [4.69, 9.17) is 20.7 Å². The summed E-state index contributed by atoms with van der Waals surface area (Å²) in [7, 11) is 0. The third-order valence-electron chi connectivity index (χ3n) is 5.41. The van der Waals surface area contributed by atoms with E-state index in [0.29, 0.717) is 35.9 Å². The van der Waals surface area contributed by atoms with Gasteiger partial charge in [-0.05, 0) is 42.3 Å². The molecule has 1 unspecified atom stereocenters. The zero-order chi connectivity index (χ0) is 22.5. The van der Waals surface area contributed by atoms with Crippen molar-refractivity contribution in [3.63, 3.8) is 0 Å². The number of para-hydroxylation sites is 1. The first-order chi connectivity index (χ1) is 15.6. The van der Waals surface area contributed by atoms with Crippen molar-refractivity contribution in [2.45, 2.75) is 12.5 Å². The Morgan fingerprint density at radius 1 is 1.31 bits per heavy atom. The fraction of sp³-hybridized carbons (Fsp3) is 0.250. The first-order valence-electron chi connectivity index (χ1n) is 10.6. The van der Waals surface area contributed by atoms with E-state index in [1.54, 1.807) is 12.1 Å². The standard InChI is InChI=1S/C24H27N5O3/c1-2-12-26-19-6-4-3-5-18(19)20-11-13-27-24-21(23(25)31)22(28-29(20)24)16-7-9-17(10-8-16)32-15-14-30/h2-10,20,26-27,30H,1,11-15H2,(H2,25,31). The highest BCUT2D eigenvalue weighted by molar-refractivity contribution is 6.04. The van der Waals surface area contributed by atoms with E-state index in [-0.39, 0.29) is 19.3 Å². The van der Waals surface area contributed by atoms with Crippen LogP contribution in [0.2, 0.25) is 0 Å². The fourth-order valence-corrected chi connectivity index (χ4v) is 4.00. The highest BCUT2D eigenvalue weighted by atomic mass is 16.5. The summed E-state index contributed by atoms with van der Waals surface area (Å²) in [5.41, 5.74) is 9.54. The van der Waals surface area contributed by atoms with Crippen LogP contribution in [0, 0.1) is 0 Å². The predicted molar refractivity (Wildman–Crippen MR) is 125 cm³/mol. The zero-order valence-corrected chi connectivity index (χ0v) is 17.8. The molecule has 0 radical (unpaired) electrons. The number of primary amides is 1. The fourth-order valence-electron chi connectivity index (χ4n) is 4.00. The minimum absolute atomic E-state index is 0.0567. The summed E-state index contributed by atoms with van der Waals surface area (Å²) in [6.07, 6.45) is 2.63. The Morgan fingerprint density at radius 3 is 2.81 bits per heavy atom. The number of nitrogens with one attached hydrogen (secondary N) is 2. The topological polar surface area (TPSA) is 114 Å². The van der Waals surface area contributed by atoms with E-state index in [1.807, 2.05) is 41.1 Å². The van der Waals surface area contributed by atoms with Crippen molar-refractivity contribution in [2.75, 3.05) is 36.9 Å². The van der Waals surface area contributed by atoms with Crippen LogP contribution < -0.4 is 21.1 Å². The first kappa shape index (κ1) is 21.5. The monoisotopic (exact) mass is 433 g/mol. The molecule has 0 saturated carbocycles. The van der Waals surface area contributed by atoms with E-state index >= 15 is 0 Å². The average Bonchev–Trinajstić information content (AvgIpc) is 3.22. The van der Waals surface area contributed by atoms with Gasteiger partial charge in [0.25, 0.3) is 5.91 Å². The van der Waals surface area contributed by atoms with E-state index in [9.17, 15) is 4.79 Å². The van der Waals surface area contributed by atoms with Crippen molar-refractivity contribution in [3.05, 3.63) is 72.3 Å². The number of ether oxygens (including phenoxy) is 1. The second-order valence-electron chi connectivity index (χ2n) is 7.47. The molecule has 0 fully saturated rings. The number of fused-ring (bicyclic) bond motifs is 1. The van der Waals surface area contributed by atoms with Gasteiger partial charge in [-0.1, -0.05) is 24.3 Å². The molecule has 4 rings (SSSR count). The molecule has 8 nitrogen and oxygen atoms in total. The number of hydrogen-bond donors (Lipinski definition) is 4. The Bertz CT molecular complexity index is 1110. The van der Waals surface area contributed by atoms with E-state index in [1.165, 1.54) is 0 Å². The number of hydrogen-bond acceptors (Lipinski definition) is 6. The van der Waals surface area contributed by atoms with Crippen molar-refractivity contribution in [1.82, 2.24) is 9.78 Å². The molecular weight excluding hydrogens is 406 g/mol. The van der Waals surface area contributed by atoms with Crippen LogP contribution in [-0.2, 0) is 0 Å². The number of nitrogens with zero attached hydrogens (tertiary/aromatic N) is 2. The lowest BCUT2D eigenvalue weighted by molar-refractivity contribution is 0.100. The largest absolute Gasteiger partial charge is 0.491 e. The van der Waals surface area contributed by atoms with Gasteiger partial charge < -0.3 is 26.2 Å². The van der Waals surface area contributed by atoms with Crippen LogP contribution in [0.15, 0.2) is 61.2 Å². The van der Waals surface area contributed by atoms with Gasteiger partial charge in [0.1, 0.15) is 29.4 Å². The SMILES string of the molecule is C=CCNc1ccccc1C1CCNc2c(C(N)=O)c(-c3ccc(OCCO)cc3)nn21. The Kier molecular flexibility index (Phi) is 6.42. The second-order valence-corrected chi connectivity index (χ2v) is 7.47. The number of carbonyl (C=O) groups excluding carboxylic acids is 1. The van der Waals surface area contributed by atoms with Gasteiger partial charge in [0.2, 0.25) is 0 Å². The molecule has 3 aromatic rings. The molecule has 0 bridgehead atoms. The van der Waals surface area contributed by atoms with Crippen molar-refractivity contribution in [2.24, 2.45) is 5.73 Å². The molecule has 166 valence electrons. The summed E-state index contributed by atoms with van der Waals surface area (Å²) in [6, 6.07) is 15.3. The van der Waals surface area contributed by atoms with Crippen molar-refractivity contribution in [3.8, 4) is 17.0 Å². The number of nitrogens with two attached hydrogens (primary N) is 1. The summed E-state index contributed by atoms with van der Waals surface area (Å²) in [6.45, 7) is 5.28. The molecule has 1 aromatic heterocycles. The van der Waals surface area contributed by atoms with Crippen LogP contribution in [0.5, 0.6) is 5.75 Å². The molecule has 8 heteroatoms. The lowest BCUT2D eigenvalue weighted by atomic mass is 9.99. The quantitative estimate of drug-likeness (QED) is 0.386. The maximum absolute atomic E-state index is 12.4. The van der Waals surface area contributed by atoms with Crippen LogP contribution in [0.4, 0.5) is 11.5 Å². The molecule has 1 atom stereocenters. The van der Waals surface area contributed by atoms with Gasteiger partial charge in [-0.3, -0.25) is 4.79 Å². The van der Waals surface area contributed by atoms with Gasteiger partial charge in [0.15, 0.2) is 0 Å². The molecule has 0 saturated heterocycles. The second kappa shape index (κ2) is 9.57. The van der Waals surface area contributed by atoms with Crippen LogP contribution in [0.25, 0.3) is 11.3 Å². The van der Waals surface area contributed by atoms with Crippen LogP contribution in [-0.4, -0.2) is 47.1 Å². The molecule has 1 amide bonds. The Morgan fingerprint density at radius 2 is 2.09 bits per heavy atom. The van der Waals surface area contributed by atoms with E-state index < -0.39 is 5.91 Å². The third kappa shape index (κ3) is 4.17. The summed E-state index contributed by atoms with van der Waals surface area (Å²) >= 11 is 0. The lowest BCUT2D eigenvalue weighted by Gasteiger charge is -2.28. The summed E-state index contributed by atoms with van der Waals surface area (Å²) in [5, 5.41) is 20.5. The smallest absolute Gasteiger partial charge is 0.254 e. The molecule has 0 spiro atoms. The number of aliphatic hydroxyl groups excluding tert-OH is 1. The molecule has 1 aliphatic heterocycles. The lowest BCUT2D eigenvalue weighted by Crippen LogP contribution is -2.26. The van der Waals surface area contributed by atoms with Gasteiger partial charge in [-0.15, -0.1) is 6.58 Å². The molecule has 2 aromatic carbocycles. The highest BCUT2D eigenvalue weighted by Gasteiger charge is 2.31. The van der Waals surface area contributed by atoms with Crippen LogP contribution in [0.3, 0.4) is 0 Å². The van der Waals surface area contributed by atoms with Gasteiger partial charge in [0, 0.05) is 24.3 Å². The highest BCUT2D eigenvalue weighted by Crippen LogP contribution is 2.38. The van der Waals surface area contributed by atoms with E-state index in [2.05, 4.69) is 23.3 Å². The van der Waals surface area contributed by atoms with Gasteiger partial charge in [-0.25, -0.2) is 4.68 Å². The van der Waals surface area contributed by atoms with Gasteiger partial charge in [-0.2, -0.15) is 5.10 Å². The number of aliphatic hydroxyl groups is 1. The number of amides is 1. The third-order valence-corrected chi connectivity index (χ3v) is 5.41. The van der Waals surface area contributed by atoms with Gasteiger partial charge >= 0.3 is 0 Å². The summed E-state index contributed by atoms with van der Waals surface area (Å²) in [4.78, 5) is 12.4. The van der Waals surface area contributed by atoms with Crippen molar-refractivity contribution < 1.29 is 14.6 Å². The molecule has 32 heavy (non-hydrogen) atoms. The van der Waals surface area contributed by atoms with Crippen molar-refractivity contribution in [1.29, 1.82) is 0 Å². The number of aromatic nitrogens is 2. The average molecular weight is 434 g/mol. The number of benzene rings is 2. The van der Waals surface area contributed by atoms with Crippen LogP contribution >= 0.6 is 0 Å². The Hall–Kier alpha value is -3.78. The zero-order valence-electron chi connectivity index (χ0n) is 17.8. The first-order valence-corrected chi connectivity index (χ1v) is 10.6. The van der Waals surface area contributed by atoms with E-state index in [0.717, 1.165) is 23.2 Å². The summed E-state index contributed by atoms with van der Waals surface area (Å²) in [5.74, 6) is 0.724. The minimum Gasteiger partial charge on any atom is -0.491 e. The molecular formula is C24H27N5O3. The Labute approximate surface area is 186 Å². The number of rotatable bonds is 9. The molecule has 2 heterocycles. The molecule has 0 aliphatic carbocycles. The molecule has 5 N–H and O–H groups in total. The normalized spacial score (nSPS) is 14.8.